The number of hydrogen-bond acceptors (Lipinski definition) is 9. The summed E-state index contributed by atoms with van der Waals surface area (Å²) in [7, 11) is 4.07. The van der Waals surface area contributed by atoms with Crippen molar-refractivity contribution in [2.45, 2.75) is 6.61 Å². The highest BCUT2D eigenvalue weighted by atomic mass is 35.5. The number of non-ortho nitro benzene ring substituents is 1. The number of halogens is 2. The van der Waals surface area contributed by atoms with E-state index >= 15 is 0 Å². The van der Waals surface area contributed by atoms with Crippen LogP contribution in [0.15, 0.2) is 54.1 Å². The molecule has 41 heavy (non-hydrogen) atoms. The van der Waals surface area contributed by atoms with E-state index in [1.807, 2.05) is 0 Å². The molecule has 3 aromatic rings. The second-order valence-corrected chi connectivity index (χ2v) is 9.18. The van der Waals surface area contributed by atoms with E-state index in [9.17, 15) is 24.5 Å². The predicted octanol–water partition coefficient (Wildman–Crippen LogP) is 5.17. The van der Waals surface area contributed by atoms with Crippen molar-refractivity contribution in [1.29, 1.82) is 0 Å². The van der Waals surface area contributed by atoms with Crippen LogP contribution in [-0.2, 0) is 16.2 Å². The van der Waals surface area contributed by atoms with E-state index in [1.54, 1.807) is 12.1 Å². The molecule has 1 aliphatic heterocycles. The lowest BCUT2D eigenvalue weighted by Gasteiger charge is -2.28. The first kappa shape index (κ1) is 29.2. The minimum atomic E-state index is -0.995. The van der Waals surface area contributed by atoms with Gasteiger partial charge in [0.1, 0.15) is 23.7 Å². The van der Waals surface area contributed by atoms with Crippen LogP contribution in [0.5, 0.6) is 23.0 Å². The van der Waals surface area contributed by atoms with Gasteiger partial charge in [0.25, 0.3) is 17.5 Å². The number of nitrogens with one attached hydrogen (secondary N) is 1. The molecule has 212 valence electrons. The summed E-state index contributed by atoms with van der Waals surface area (Å²) < 4.78 is 21.7. The average molecular weight is 602 g/mol. The number of barbiturate groups is 1. The van der Waals surface area contributed by atoms with Crippen molar-refractivity contribution in [3.63, 3.8) is 0 Å². The molecular formula is C27H21Cl2N3O9. The fourth-order valence-corrected chi connectivity index (χ4v) is 4.40. The number of hydrogen-bond donors (Lipinski definition) is 1. The summed E-state index contributed by atoms with van der Waals surface area (Å²) in [6.45, 7) is 0.0266. The maximum atomic E-state index is 13.5. The lowest BCUT2D eigenvalue weighted by molar-refractivity contribution is -0.384. The Balaban J connectivity index is 1.65. The van der Waals surface area contributed by atoms with Gasteiger partial charge in [-0.25, -0.2) is 9.69 Å². The van der Waals surface area contributed by atoms with Crippen molar-refractivity contribution < 1.29 is 38.3 Å². The Bertz CT molecular complexity index is 1590. The molecule has 0 aliphatic carbocycles. The highest BCUT2D eigenvalue weighted by Crippen LogP contribution is 2.40. The van der Waals surface area contributed by atoms with Crippen LogP contribution in [0.25, 0.3) is 6.08 Å². The van der Waals surface area contributed by atoms with Crippen molar-refractivity contribution in [2.75, 3.05) is 26.2 Å². The number of methoxy groups -OCH3 is 3. The first-order chi connectivity index (χ1) is 19.6. The molecule has 4 amide bonds. The maximum Gasteiger partial charge on any atom is 0.336 e. The van der Waals surface area contributed by atoms with Crippen LogP contribution in [0.1, 0.15) is 11.1 Å². The van der Waals surface area contributed by atoms with E-state index in [0.717, 1.165) is 4.90 Å². The number of imide groups is 2. The molecule has 1 aliphatic rings. The van der Waals surface area contributed by atoms with Gasteiger partial charge in [-0.15, -0.1) is 0 Å². The Kier molecular flexibility index (Phi) is 8.65. The van der Waals surface area contributed by atoms with Crippen molar-refractivity contribution in [1.82, 2.24) is 5.32 Å². The number of benzene rings is 3. The minimum absolute atomic E-state index is 0.000236. The van der Waals surface area contributed by atoms with Crippen molar-refractivity contribution in [2.24, 2.45) is 0 Å². The van der Waals surface area contributed by atoms with Crippen LogP contribution in [0.3, 0.4) is 0 Å². The van der Waals surface area contributed by atoms with E-state index in [2.05, 4.69) is 5.32 Å². The molecule has 0 spiro atoms. The van der Waals surface area contributed by atoms with E-state index in [0.29, 0.717) is 11.1 Å². The van der Waals surface area contributed by atoms with Crippen LogP contribution in [-0.4, -0.2) is 44.1 Å². The van der Waals surface area contributed by atoms with Gasteiger partial charge >= 0.3 is 6.03 Å². The molecule has 14 heteroatoms. The van der Waals surface area contributed by atoms with Crippen molar-refractivity contribution in [3.05, 3.63) is 85.4 Å². The number of carbonyl (C=O) groups excluding carboxylic acids is 3. The number of nitro groups is 1. The summed E-state index contributed by atoms with van der Waals surface area (Å²) in [6.07, 6.45) is 1.24. The fourth-order valence-electron chi connectivity index (χ4n) is 3.89. The number of rotatable bonds is 9. The molecule has 0 unspecified atom stereocenters. The molecule has 1 heterocycles. The second kappa shape index (κ2) is 12.1. The number of urea groups is 1. The number of nitro benzene ring substituents is 1. The Morgan fingerprint density at radius 2 is 1.56 bits per heavy atom. The summed E-state index contributed by atoms with van der Waals surface area (Å²) >= 11 is 12.6. The number of nitrogens with zero attached hydrogens (tertiary/aromatic N) is 2. The van der Waals surface area contributed by atoms with Gasteiger partial charge in [-0.1, -0.05) is 23.2 Å². The molecule has 0 bridgehead atoms. The van der Waals surface area contributed by atoms with Gasteiger partial charge in [0, 0.05) is 24.3 Å². The summed E-state index contributed by atoms with van der Waals surface area (Å²) in [4.78, 5) is 50.0. The molecule has 1 N–H and O–H groups in total. The molecule has 1 fully saturated rings. The maximum absolute atomic E-state index is 13.5. The largest absolute Gasteiger partial charge is 0.495 e. The van der Waals surface area contributed by atoms with E-state index in [-0.39, 0.29) is 56.6 Å². The Hall–Kier alpha value is -4.81. The quantitative estimate of drug-likeness (QED) is 0.152. The van der Waals surface area contributed by atoms with Gasteiger partial charge in [0.15, 0.2) is 11.5 Å². The number of ether oxygens (including phenoxy) is 4. The molecule has 4 rings (SSSR count). The molecule has 0 radical (unpaired) electrons. The Morgan fingerprint density at radius 1 is 0.902 bits per heavy atom. The molecular weight excluding hydrogens is 581 g/mol. The standard InChI is InChI=1S/C27H21Cl2N3O9/c1-38-21-12-20(22(39-2)11-18(21)28)31-26(34)17(25(33)30-27(31)35)8-15-9-19(29)24(23(10-15)40-3)41-13-14-4-6-16(7-5-14)32(36)37/h4-12H,13H2,1-3H3,(H,30,33,35)/b17-8+. The van der Waals surface area contributed by atoms with Gasteiger partial charge in [-0.05, 0) is 41.5 Å². The third-order valence-electron chi connectivity index (χ3n) is 5.89. The van der Waals surface area contributed by atoms with Crippen LogP contribution in [0.4, 0.5) is 16.2 Å². The summed E-state index contributed by atoms with van der Waals surface area (Å²) in [5.74, 6) is -1.24. The third-order valence-corrected chi connectivity index (χ3v) is 6.47. The molecule has 0 atom stereocenters. The third kappa shape index (κ3) is 6.03. The zero-order valence-corrected chi connectivity index (χ0v) is 23.2. The normalized spacial score (nSPS) is 14.1. The minimum Gasteiger partial charge on any atom is -0.495 e. The van der Waals surface area contributed by atoms with Crippen LogP contribution in [0.2, 0.25) is 10.0 Å². The zero-order valence-electron chi connectivity index (χ0n) is 21.7. The van der Waals surface area contributed by atoms with Gasteiger partial charge in [-0.3, -0.25) is 25.0 Å². The summed E-state index contributed by atoms with van der Waals surface area (Å²) in [5.41, 5.74) is 0.502. The monoisotopic (exact) mass is 601 g/mol. The van der Waals surface area contributed by atoms with Gasteiger partial charge in [-0.2, -0.15) is 0 Å². The van der Waals surface area contributed by atoms with Gasteiger partial charge in [0.2, 0.25) is 0 Å². The molecule has 0 saturated carbocycles. The first-order valence-electron chi connectivity index (χ1n) is 11.6. The molecule has 3 aromatic carbocycles. The fraction of sp³-hybridized carbons (Fsp3) is 0.148. The molecule has 1 saturated heterocycles. The summed E-state index contributed by atoms with van der Waals surface area (Å²) in [6, 6.07) is 10.4. The Morgan fingerprint density at radius 3 is 2.17 bits per heavy atom. The van der Waals surface area contributed by atoms with Crippen LogP contribution < -0.4 is 29.2 Å². The lowest BCUT2D eigenvalue weighted by Crippen LogP contribution is -2.54. The van der Waals surface area contributed by atoms with Crippen LogP contribution in [0, 0.1) is 10.1 Å². The number of anilines is 1. The molecule has 0 aromatic heterocycles. The van der Waals surface area contributed by atoms with E-state index in [4.69, 9.17) is 42.1 Å². The first-order valence-corrected chi connectivity index (χ1v) is 12.4. The topological polar surface area (TPSA) is 147 Å². The highest BCUT2D eigenvalue weighted by molar-refractivity contribution is 6.40. The number of carbonyl (C=O) groups is 3. The second-order valence-electron chi connectivity index (χ2n) is 8.36. The smallest absolute Gasteiger partial charge is 0.336 e. The van der Waals surface area contributed by atoms with E-state index in [1.165, 1.54) is 63.8 Å². The van der Waals surface area contributed by atoms with E-state index < -0.39 is 22.8 Å². The number of amides is 4. The lowest BCUT2D eigenvalue weighted by atomic mass is 10.1. The average Bonchev–Trinajstić information content (AvgIpc) is 2.94. The highest BCUT2D eigenvalue weighted by Gasteiger charge is 2.38. The molecule has 12 nitrogen and oxygen atoms in total. The summed E-state index contributed by atoms with van der Waals surface area (Å²) in [5, 5.41) is 13.3. The predicted molar refractivity (Wildman–Crippen MR) is 149 cm³/mol. The zero-order chi connectivity index (χ0) is 29.8. The van der Waals surface area contributed by atoms with Crippen molar-refractivity contribution >= 4 is 58.5 Å². The van der Waals surface area contributed by atoms with Gasteiger partial charge < -0.3 is 18.9 Å². The van der Waals surface area contributed by atoms with Crippen LogP contribution >= 0.6 is 23.2 Å². The Labute approximate surface area is 243 Å². The SMILES string of the molecule is COc1cc(N2C(=O)NC(=O)/C(=C\c3cc(Cl)c(OCc4ccc([N+](=O)[O-])cc4)c(OC)c3)C2=O)c(OC)cc1Cl. The van der Waals surface area contributed by atoms with Gasteiger partial charge in [0.05, 0.1) is 42.0 Å². The van der Waals surface area contributed by atoms with Crippen molar-refractivity contribution in [3.8, 4) is 23.0 Å².